The van der Waals surface area contributed by atoms with Crippen LogP contribution in [0.25, 0.3) is 0 Å². The molecule has 0 bridgehead atoms. The van der Waals surface area contributed by atoms with Crippen LogP contribution in [0.4, 0.5) is 5.69 Å². The molecule has 0 spiro atoms. The number of carbonyl (C=O) groups is 2. The molecule has 152 valence electrons. The van der Waals surface area contributed by atoms with E-state index in [1.807, 2.05) is 66.7 Å². The summed E-state index contributed by atoms with van der Waals surface area (Å²) in [5.74, 6) is 1.24. The lowest BCUT2D eigenvalue weighted by atomic mass is 10.1. The Labute approximate surface area is 184 Å². The molecule has 1 saturated heterocycles. The van der Waals surface area contributed by atoms with Crippen LogP contribution in [-0.4, -0.2) is 35.8 Å². The van der Waals surface area contributed by atoms with Gasteiger partial charge in [0.1, 0.15) is 17.5 Å². The van der Waals surface area contributed by atoms with Crippen LogP contribution in [-0.2, 0) is 4.79 Å². The van der Waals surface area contributed by atoms with E-state index in [9.17, 15) is 9.59 Å². The summed E-state index contributed by atoms with van der Waals surface area (Å²) in [6.07, 6.45) is 0. The summed E-state index contributed by atoms with van der Waals surface area (Å²) in [6.45, 7) is 2.70. The third-order valence-electron chi connectivity index (χ3n) is 5.13. The number of rotatable bonds is 4. The van der Waals surface area contributed by atoms with Crippen LogP contribution in [0, 0.1) is 0 Å². The molecule has 1 aliphatic heterocycles. The molecule has 1 atom stereocenters. The first-order chi connectivity index (χ1) is 14.5. The van der Waals surface area contributed by atoms with Crippen LogP contribution in [0.2, 0.25) is 0 Å². The second kappa shape index (κ2) is 8.71. The van der Waals surface area contributed by atoms with Crippen molar-refractivity contribution in [1.29, 1.82) is 0 Å². The number of amides is 2. The molecule has 1 fully saturated rings. The van der Waals surface area contributed by atoms with E-state index in [1.54, 1.807) is 28.9 Å². The molecule has 30 heavy (non-hydrogen) atoms. The minimum absolute atomic E-state index is 0.0940. The number of hydrogen-bond acceptors (Lipinski definition) is 3. The summed E-state index contributed by atoms with van der Waals surface area (Å²) in [7, 11) is 0. The lowest BCUT2D eigenvalue weighted by Crippen LogP contribution is -2.57. The van der Waals surface area contributed by atoms with Crippen LogP contribution < -0.4 is 9.64 Å². The molecule has 2 amide bonds. The predicted molar refractivity (Wildman–Crippen MR) is 120 cm³/mol. The van der Waals surface area contributed by atoms with Crippen molar-refractivity contribution in [3.8, 4) is 11.5 Å². The van der Waals surface area contributed by atoms with Gasteiger partial charge in [-0.15, -0.1) is 0 Å². The molecular weight excluding hydrogens is 444 g/mol. The van der Waals surface area contributed by atoms with E-state index in [0.29, 0.717) is 24.4 Å². The maximum absolute atomic E-state index is 13.0. The van der Waals surface area contributed by atoms with Gasteiger partial charge in [0.15, 0.2) is 0 Å². The number of hydrogen-bond donors (Lipinski definition) is 0. The minimum atomic E-state index is -0.532. The quantitative estimate of drug-likeness (QED) is 0.538. The fourth-order valence-electron chi connectivity index (χ4n) is 3.48. The maximum Gasteiger partial charge on any atom is 0.254 e. The first kappa shape index (κ1) is 20.2. The second-order valence-corrected chi connectivity index (χ2v) is 8.00. The smallest absolute Gasteiger partial charge is 0.254 e. The average Bonchev–Trinajstić information content (AvgIpc) is 2.77. The molecule has 0 aliphatic carbocycles. The highest BCUT2D eigenvalue weighted by atomic mass is 79.9. The third-order valence-corrected chi connectivity index (χ3v) is 5.66. The third kappa shape index (κ3) is 4.24. The van der Waals surface area contributed by atoms with E-state index in [1.165, 1.54) is 0 Å². The monoisotopic (exact) mass is 464 g/mol. The zero-order valence-corrected chi connectivity index (χ0v) is 18.1. The summed E-state index contributed by atoms with van der Waals surface area (Å²) in [4.78, 5) is 29.2. The normalized spacial score (nSPS) is 16.5. The van der Waals surface area contributed by atoms with Gasteiger partial charge >= 0.3 is 0 Å². The molecule has 1 heterocycles. The van der Waals surface area contributed by atoms with E-state index in [4.69, 9.17) is 4.74 Å². The van der Waals surface area contributed by atoms with Gasteiger partial charge in [0.2, 0.25) is 5.91 Å². The van der Waals surface area contributed by atoms with Gasteiger partial charge in [-0.1, -0.05) is 34.1 Å². The number of para-hydroxylation sites is 1. The van der Waals surface area contributed by atoms with Crippen molar-refractivity contribution in [3.63, 3.8) is 0 Å². The zero-order valence-electron chi connectivity index (χ0n) is 16.5. The molecule has 0 aromatic heterocycles. The highest BCUT2D eigenvalue weighted by molar-refractivity contribution is 9.10. The van der Waals surface area contributed by atoms with Gasteiger partial charge in [0, 0.05) is 28.8 Å². The van der Waals surface area contributed by atoms with Crippen LogP contribution in [0.5, 0.6) is 11.5 Å². The fourth-order valence-corrected chi connectivity index (χ4v) is 3.75. The van der Waals surface area contributed by atoms with Crippen LogP contribution in [0.15, 0.2) is 83.3 Å². The number of carbonyl (C=O) groups excluding carboxylic acids is 2. The summed E-state index contributed by atoms with van der Waals surface area (Å²) in [5, 5.41) is 0. The molecule has 1 unspecified atom stereocenters. The molecule has 1 aliphatic rings. The predicted octanol–water partition coefficient (Wildman–Crippen LogP) is 5.12. The lowest BCUT2D eigenvalue weighted by molar-refractivity contribution is -0.124. The first-order valence-corrected chi connectivity index (χ1v) is 10.5. The molecular formula is C24H21BrN2O3. The number of benzene rings is 3. The van der Waals surface area contributed by atoms with Gasteiger partial charge < -0.3 is 14.5 Å². The minimum Gasteiger partial charge on any atom is -0.457 e. The van der Waals surface area contributed by atoms with E-state index >= 15 is 0 Å². The molecule has 6 heteroatoms. The molecule has 5 nitrogen and oxygen atoms in total. The molecule has 3 aromatic carbocycles. The van der Waals surface area contributed by atoms with Crippen molar-refractivity contribution in [2.24, 2.45) is 0 Å². The largest absolute Gasteiger partial charge is 0.457 e. The number of halogens is 1. The van der Waals surface area contributed by atoms with Gasteiger partial charge in [0.25, 0.3) is 5.91 Å². The number of anilines is 1. The Morgan fingerprint density at radius 2 is 1.53 bits per heavy atom. The molecule has 4 rings (SSSR count). The van der Waals surface area contributed by atoms with Crippen molar-refractivity contribution in [2.45, 2.75) is 13.0 Å². The van der Waals surface area contributed by atoms with E-state index < -0.39 is 6.04 Å². The molecule has 3 aromatic rings. The van der Waals surface area contributed by atoms with Crippen molar-refractivity contribution in [1.82, 2.24) is 4.90 Å². The van der Waals surface area contributed by atoms with Crippen molar-refractivity contribution >= 4 is 33.4 Å². The standard InChI is InChI=1S/C24H21BrN2O3/c1-17-23(28)27(16-15-26(17)24(29)18-7-9-19(25)10-8-18)20-11-13-22(14-12-20)30-21-5-3-2-4-6-21/h2-14,17H,15-16H2,1H3. The van der Waals surface area contributed by atoms with Crippen molar-refractivity contribution in [3.05, 3.63) is 88.9 Å². The topological polar surface area (TPSA) is 49.9 Å². The highest BCUT2D eigenvalue weighted by Crippen LogP contribution is 2.27. The molecule has 0 N–H and O–H groups in total. The van der Waals surface area contributed by atoms with E-state index in [-0.39, 0.29) is 11.8 Å². The SMILES string of the molecule is CC1C(=O)N(c2ccc(Oc3ccccc3)cc2)CCN1C(=O)c1ccc(Br)cc1. The van der Waals surface area contributed by atoms with Gasteiger partial charge in [-0.25, -0.2) is 0 Å². The Morgan fingerprint density at radius 1 is 0.900 bits per heavy atom. The summed E-state index contributed by atoms with van der Waals surface area (Å²) in [6, 6.07) is 23.6. The Kier molecular flexibility index (Phi) is 5.86. The van der Waals surface area contributed by atoms with Gasteiger partial charge in [-0.3, -0.25) is 9.59 Å². The van der Waals surface area contributed by atoms with Gasteiger partial charge in [0.05, 0.1) is 0 Å². The zero-order chi connectivity index (χ0) is 21.1. The van der Waals surface area contributed by atoms with Crippen LogP contribution in [0.1, 0.15) is 17.3 Å². The van der Waals surface area contributed by atoms with E-state index in [0.717, 1.165) is 15.9 Å². The van der Waals surface area contributed by atoms with Gasteiger partial charge in [-0.2, -0.15) is 0 Å². The second-order valence-electron chi connectivity index (χ2n) is 7.08. The fraction of sp³-hybridized carbons (Fsp3) is 0.167. The summed E-state index contributed by atoms with van der Waals surface area (Å²) >= 11 is 3.37. The number of ether oxygens (including phenoxy) is 1. The highest BCUT2D eigenvalue weighted by Gasteiger charge is 2.35. The number of nitrogens with zero attached hydrogens (tertiary/aromatic N) is 2. The lowest BCUT2D eigenvalue weighted by Gasteiger charge is -2.39. The average molecular weight is 465 g/mol. The molecule has 0 saturated carbocycles. The molecule has 0 radical (unpaired) electrons. The number of piperazine rings is 1. The summed E-state index contributed by atoms with van der Waals surface area (Å²) < 4.78 is 6.72. The van der Waals surface area contributed by atoms with Crippen LogP contribution >= 0.6 is 15.9 Å². The van der Waals surface area contributed by atoms with Crippen LogP contribution in [0.3, 0.4) is 0 Å². The van der Waals surface area contributed by atoms with Gasteiger partial charge in [-0.05, 0) is 67.6 Å². The first-order valence-electron chi connectivity index (χ1n) is 9.74. The Hall–Kier alpha value is -3.12. The Balaban J connectivity index is 1.45. The Bertz CT molecular complexity index is 1040. The van der Waals surface area contributed by atoms with Crippen molar-refractivity contribution < 1.29 is 14.3 Å². The van der Waals surface area contributed by atoms with E-state index in [2.05, 4.69) is 15.9 Å². The summed E-state index contributed by atoms with van der Waals surface area (Å²) in [5.41, 5.74) is 1.37. The Morgan fingerprint density at radius 3 is 2.20 bits per heavy atom. The van der Waals surface area contributed by atoms with Crippen molar-refractivity contribution in [2.75, 3.05) is 18.0 Å². The maximum atomic E-state index is 13.0.